The minimum absolute atomic E-state index is 0.460. The van der Waals surface area contributed by atoms with E-state index in [-0.39, 0.29) is 0 Å². The fourth-order valence-electron chi connectivity index (χ4n) is 3.06. The van der Waals surface area contributed by atoms with Crippen LogP contribution in [0.5, 0.6) is 28.7 Å². The highest BCUT2D eigenvalue weighted by molar-refractivity contribution is 7.85. The summed E-state index contributed by atoms with van der Waals surface area (Å²) in [6, 6.07) is 7.33. The van der Waals surface area contributed by atoms with Gasteiger partial charge in [0.25, 0.3) is 0 Å². The smallest absolute Gasteiger partial charge is 0.136 e. The van der Waals surface area contributed by atoms with Crippen molar-refractivity contribution >= 4 is 16.9 Å². The molecule has 150 valence electrons. The Labute approximate surface area is 167 Å². The molecule has 1 atom stereocenters. The van der Waals surface area contributed by atoms with E-state index in [0.717, 1.165) is 11.1 Å². The van der Waals surface area contributed by atoms with Crippen molar-refractivity contribution in [3.05, 3.63) is 41.5 Å². The lowest BCUT2D eigenvalue weighted by Gasteiger charge is -2.19. The molecule has 0 N–H and O–H groups in total. The molecule has 0 radical (unpaired) electrons. The minimum Gasteiger partial charge on any atom is -0.496 e. The van der Waals surface area contributed by atoms with E-state index in [4.69, 9.17) is 23.7 Å². The first-order chi connectivity index (χ1) is 13.6. The number of hydrogen-bond acceptors (Lipinski definition) is 6. The van der Waals surface area contributed by atoms with Crippen molar-refractivity contribution < 1.29 is 27.9 Å². The van der Waals surface area contributed by atoms with Gasteiger partial charge in [0.2, 0.25) is 0 Å². The zero-order chi connectivity index (χ0) is 20.1. The van der Waals surface area contributed by atoms with Crippen molar-refractivity contribution in [1.82, 2.24) is 0 Å². The van der Waals surface area contributed by atoms with E-state index in [1.165, 1.54) is 0 Å². The van der Waals surface area contributed by atoms with Gasteiger partial charge in [-0.05, 0) is 12.5 Å². The quantitative estimate of drug-likeness (QED) is 0.704. The van der Waals surface area contributed by atoms with Gasteiger partial charge in [-0.2, -0.15) is 0 Å². The summed E-state index contributed by atoms with van der Waals surface area (Å²) < 4.78 is 39.6. The summed E-state index contributed by atoms with van der Waals surface area (Å²) in [5, 5.41) is 0. The molecule has 3 rings (SSSR count). The molecule has 1 aliphatic rings. The third kappa shape index (κ3) is 4.09. The standard InChI is InChI=1S/C21H24O6S/c1-23-15-11-18(25-3)16(19(12-15)26-4)7-5-6-14-10-20-21(13-17(14)24-2)28(22)9-8-27-20/h5,7,10-13H,6,8-9H2,1-4H3. The molecule has 2 aromatic rings. The molecule has 7 heteroatoms. The summed E-state index contributed by atoms with van der Waals surface area (Å²) in [6.45, 7) is 0.460. The molecule has 0 saturated heterocycles. The molecule has 2 aromatic carbocycles. The van der Waals surface area contributed by atoms with Crippen LogP contribution in [-0.4, -0.2) is 45.0 Å². The third-order valence-electron chi connectivity index (χ3n) is 4.49. The summed E-state index contributed by atoms with van der Waals surface area (Å²) in [7, 11) is 5.37. The SMILES string of the molecule is COc1cc(OC)c(C=CCc2cc3c(cc2OC)S(=O)CCO3)c(OC)c1. The molecular weight excluding hydrogens is 380 g/mol. The van der Waals surface area contributed by atoms with Gasteiger partial charge in [-0.3, -0.25) is 4.21 Å². The molecule has 0 spiro atoms. The Bertz CT molecular complexity index is 881. The van der Waals surface area contributed by atoms with Gasteiger partial charge in [-0.1, -0.05) is 12.2 Å². The summed E-state index contributed by atoms with van der Waals surface area (Å²) in [6.07, 6.45) is 4.54. The molecule has 0 saturated carbocycles. The lowest BCUT2D eigenvalue weighted by Crippen LogP contribution is -2.16. The summed E-state index contributed by atoms with van der Waals surface area (Å²) in [5.41, 5.74) is 1.77. The van der Waals surface area contributed by atoms with Crippen LogP contribution in [0.15, 0.2) is 35.2 Å². The first-order valence-corrected chi connectivity index (χ1v) is 10.1. The van der Waals surface area contributed by atoms with E-state index in [1.807, 2.05) is 36.4 Å². The van der Waals surface area contributed by atoms with Gasteiger partial charge in [0.1, 0.15) is 35.4 Å². The van der Waals surface area contributed by atoms with E-state index in [2.05, 4.69) is 0 Å². The minimum atomic E-state index is -1.05. The zero-order valence-corrected chi connectivity index (χ0v) is 17.3. The molecule has 0 aliphatic carbocycles. The Morgan fingerprint density at radius 1 is 0.964 bits per heavy atom. The lowest BCUT2D eigenvalue weighted by molar-refractivity contribution is 0.324. The molecule has 28 heavy (non-hydrogen) atoms. The number of allylic oxidation sites excluding steroid dienone is 1. The highest BCUT2D eigenvalue weighted by atomic mass is 32.2. The van der Waals surface area contributed by atoms with Gasteiger partial charge in [0.05, 0.1) is 55.5 Å². The average Bonchev–Trinajstić information content (AvgIpc) is 2.73. The van der Waals surface area contributed by atoms with Crippen LogP contribution in [0.4, 0.5) is 0 Å². The number of benzene rings is 2. The Balaban J connectivity index is 1.90. The zero-order valence-electron chi connectivity index (χ0n) is 16.4. The number of methoxy groups -OCH3 is 4. The maximum absolute atomic E-state index is 12.2. The summed E-state index contributed by atoms with van der Waals surface area (Å²) >= 11 is 0. The monoisotopic (exact) mass is 404 g/mol. The van der Waals surface area contributed by atoms with Gasteiger partial charge in [0, 0.05) is 23.8 Å². The van der Waals surface area contributed by atoms with Crippen molar-refractivity contribution in [2.24, 2.45) is 0 Å². The van der Waals surface area contributed by atoms with Crippen LogP contribution in [0.3, 0.4) is 0 Å². The second kappa shape index (κ2) is 9.01. The van der Waals surface area contributed by atoms with Gasteiger partial charge in [-0.15, -0.1) is 0 Å². The van der Waals surface area contributed by atoms with Crippen molar-refractivity contribution in [3.63, 3.8) is 0 Å². The Kier molecular flexibility index (Phi) is 6.46. The van der Waals surface area contributed by atoms with Crippen LogP contribution in [0, 0.1) is 0 Å². The normalized spacial score (nSPS) is 15.6. The van der Waals surface area contributed by atoms with E-state index in [9.17, 15) is 4.21 Å². The summed E-state index contributed by atoms with van der Waals surface area (Å²) in [4.78, 5) is 0.689. The van der Waals surface area contributed by atoms with Crippen molar-refractivity contribution in [1.29, 1.82) is 0 Å². The van der Waals surface area contributed by atoms with Gasteiger partial charge >= 0.3 is 0 Å². The lowest BCUT2D eigenvalue weighted by atomic mass is 10.1. The Morgan fingerprint density at radius 2 is 1.64 bits per heavy atom. The third-order valence-corrected chi connectivity index (χ3v) is 5.84. The highest BCUT2D eigenvalue weighted by Gasteiger charge is 2.20. The van der Waals surface area contributed by atoms with Crippen LogP contribution >= 0.6 is 0 Å². The second-order valence-electron chi connectivity index (χ2n) is 6.06. The fraction of sp³-hybridized carbons (Fsp3) is 0.333. The molecule has 0 aromatic heterocycles. The van der Waals surface area contributed by atoms with E-state index < -0.39 is 10.8 Å². The van der Waals surface area contributed by atoms with Crippen LogP contribution in [0.25, 0.3) is 6.08 Å². The average molecular weight is 404 g/mol. The van der Waals surface area contributed by atoms with Crippen LogP contribution in [0.1, 0.15) is 11.1 Å². The van der Waals surface area contributed by atoms with Crippen LogP contribution in [-0.2, 0) is 17.2 Å². The molecule has 1 aliphatic heterocycles. The Hall–Kier alpha value is -2.67. The van der Waals surface area contributed by atoms with Crippen LogP contribution in [0.2, 0.25) is 0 Å². The maximum atomic E-state index is 12.2. The molecule has 0 bridgehead atoms. The second-order valence-corrected chi connectivity index (χ2v) is 7.60. The number of rotatable bonds is 7. The predicted molar refractivity (Wildman–Crippen MR) is 109 cm³/mol. The summed E-state index contributed by atoms with van der Waals surface area (Å²) in [5.74, 6) is 3.83. The molecule has 1 heterocycles. The number of hydrogen-bond donors (Lipinski definition) is 0. The van der Waals surface area contributed by atoms with E-state index in [0.29, 0.717) is 52.4 Å². The maximum Gasteiger partial charge on any atom is 0.136 e. The van der Waals surface area contributed by atoms with Crippen molar-refractivity contribution in [3.8, 4) is 28.7 Å². The van der Waals surface area contributed by atoms with E-state index >= 15 is 0 Å². The Morgan fingerprint density at radius 3 is 2.25 bits per heavy atom. The predicted octanol–water partition coefficient (Wildman–Crippen LogP) is 3.48. The van der Waals surface area contributed by atoms with Crippen molar-refractivity contribution in [2.75, 3.05) is 40.8 Å². The van der Waals surface area contributed by atoms with E-state index in [1.54, 1.807) is 28.4 Å². The first-order valence-electron chi connectivity index (χ1n) is 8.79. The van der Waals surface area contributed by atoms with Gasteiger partial charge < -0.3 is 23.7 Å². The van der Waals surface area contributed by atoms with Gasteiger partial charge in [0.15, 0.2) is 0 Å². The molecule has 0 amide bonds. The first kappa shape index (κ1) is 20.1. The largest absolute Gasteiger partial charge is 0.496 e. The molecular formula is C21H24O6S. The number of ether oxygens (including phenoxy) is 5. The fourth-order valence-corrected chi connectivity index (χ4v) is 4.10. The molecule has 1 unspecified atom stereocenters. The topological polar surface area (TPSA) is 63.2 Å². The molecule has 6 nitrogen and oxygen atoms in total. The van der Waals surface area contributed by atoms with Crippen molar-refractivity contribution in [2.45, 2.75) is 11.3 Å². The van der Waals surface area contributed by atoms with Gasteiger partial charge in [-0.25, -0.2) is 0 Å². The molecule has 0 fully saturated rings. The van der Waals surface area contributed by atoms with Crippen LogP contribution < -0.4 is 23.7 Å². The highest BCUT2D eigenvalue weighted by Crippen LogP contribution is 2.36. The number of fused-ring (bicyclic) bond motifs is 1.